The van der Waals surface area contributed by atoms with E-state index >= 15 is 0 Å². The van der Waals surface area contributed by atoms with Gasteiger partial charge < -0.3 is 56.4 Å². The minimum absolute atomic E-state index is 0. The van der Waals surface area contributed by atoms with Crippen LogP contribution in [0.25, 0.3) is 0 Å². The first-order chi connectivity index (χ1) is 31.4. The molecule has 15 nitrogen and oxygen atoms in total. The van der Waals surface area contributed by atoms with E-state index in [1.165, 1.54) is 57.8 Å². The monoisotopic (exact) mass is 999 g/mol. The zero-order chi connectivity index (χ0) is 44.0. The smallest absolute Gasteiger partial charge is 0.579 e. The molecule has 0 aromatic carbocycles. The summed E-state index contributed by atoms with van der Waals surface area (Å²) in [5.74, 6) is 2.97. The Balaban J connectivity index is 0.00000247. The first-order valence-electron chi connectivity index (χ1n) is 25.7. The molecule has 362 valence electrons. The van der Waals surface area contributed by atoms with E-state index in [0.717, 1.165) is 70.6 Å². The van der Waals surface area contributed by atoms with Crippen LogP contribution in [0.4, 0.5) is 0 Å². The summed E-state index contributed by atoms with van der Waals surface area (Å²) in [5, 5.41) is 67.4. The molecule has 9 saturated carbocycles. The molecule has 20 unspecified atom stereocenters. The van der Waals surface area contributed by atoms with E-state index in [4.69, 9.17) is 45.5 Å². The summed E-state index contributed by atoms with van der Waals surface area (Å²) in [4.78, 5) is 10.8. The molecule has 9 fully saturated rings. The SMILES string of the molecule is CC1CC2CC(NC3CCCCC3)CCC2C(O)C1N=NC1CCC(N=NC2CCC(N=NC3CC(OOO[S-])CC4CC(OOO[S-])CC(O)C43)C3CCCCC23)C2CC[CH-]CC12.[Na+].[Na+].[Na+]. The number of hydrogen-bond donors (Lipinski definition) is 3. The topological polar surface area (TPSA) is 182 Å². The molecule has 9 rings (SSSR count). The van der Waals surface area contributed by atoms with Gasteiger partial charge in [0.15, 0.2) is 0 Å². The van der Waals surface area contributed by atoms with Gasteiger partial charge in [0.05, 0.1) is 60.7 Å². The van der Waals surface area contributed by atoms with Gasteiger partial charge in [-0.3, -0.25) is 0 Å². The molecule has 3 N–H and O–H groups in total. The Hall–Kier alpha value is 2.14. The van der Waals surface area contributed by atoms with E-state index < -0.39 is 6.10 Å². The van der Waals surface area contributed by atoms with Crippen molar-refractivity contribution >= 4 is 25.8 Å². The Kier molecular flexibility index (Phi) is 25.2. The molecule has 0 aliphatic heterocycles. The molecule has 20 atom stereocenters. The number of aliphatic hydroxyl groups excluding tert-OH is 2. The number of azo groups is 3. The first-order valence-corrected chi connectivity index (χ1v) is 26.4. The molecule has 0 amide bonds. The van der Waals surface area contributed by atoms with E-state index in [1.807, 2.05) is 0 Å². The summed E-state index contributed by atoms with van der Waals surface area (Å²) in [6.45, 7) is 2.31. The summed E-state index contributed by atoms with van der Waals surface area (Å²) < 4.78 is 8.58. The molecule has 0 aromatic heterocycles. The fraction of sp³-hybridized carbons (Fsp3) is 0.979. The van der Waals surface area contributed by atoms with Crippen molar-refractivity contribution in [3.8, 4) is 0 Å². The molecule has 0 saturated heterocycles. The van der Waals surface area contributed by atoms with Crippen LogP contribution in [0.3, 0.4) is 0 Å². The van der Waals surface area contributed by atoms with Crippen LogP contribution in [0.15, 0.2) is 30.7 Å². The van der Waals surface area contributed by atoms with Crippen molar-refractivity contribution in [2.24, 2.45) is 83.9 Å². The summed E-state index contributed by atoms with van der Waals surface area (Å²) >= 11 is 8.88. The molecular formula is C47H76N7Na3O8S2. The number of aliphatic hydroxyl groups is 2. The Morgan fingerprint density at radius 1 is 0.507 bits per heavy atom. The number of rotatable bonds is 14. The Morgan fingerprint density at radius 2 is 1.06 bits per heavy atom. The van der Waals surface area contributed by atoms with E-state index in [0.29, 0.717) is 79.2 Å². The molecule has 67 heavy (non-hydrogen) atoms. The van der Waals surface area contributed by atoms with Crippen LogP contribution in [-0.4, -0.2) is 83.0 Å². The van der Waals surface area contributed by atoms with Crippen molar-refractivity contribution in [1.82, 2.24) is 5.32 Å². The van der Waals surface area contributed by atoms with Gasteiger partial charge in [0, 0.05) is 30.8 Å². The molecule has 0 heterocycles. The van der Waals surface area contributed by atoms with Crippen molar-refractivity contribution in [3.63, 3.8) is 0 Å². The maximum absolute atomic E-state index is 11.8. The van der Waals surface area contributed by atoms with Crippen molar-refractivity contribution in [2.75, 3.05) is 0 Å². The zero-order valence-electron chi connectivity index (χ0n) is 41.0. The Bertz CT molecular complexity index is 1570. The third kappa shape index (κ3) is 14.8. The van der Waals surface area contributed by atoms with Gasteiger partial charge in [-0.05, 0) is 137 Å². The predicted octanol–water partition coefficient (Wildman–Crippen LogP) is 0.291. The van der Waals surface area contributed by atoms with Crippen molar-refractivity contribution in [2.45, 2.75) is 234 Å². The van der Waals surface area contributed by atoms with Crippen LogP contribution in [0.2, 0.25) is 0 Å². The fourth-order valence-electron chi connectivity index (χ4n) is 15.3. The van der Waals surface area contributed by atoms with Gasteiger partial charge in [0.2, 0.25) is 0 Å². The van der Waals surface area contributed by atoms with Crippen LogP contribution in [-0.2, 0) is 54.3 Å². The minimum Gasteiger partial charge on any atom is -0.579 e. The Morgan fingerprint density at radius 3 is 1.69 bits per heavy atom. The second-order valence-electron chi connectivity index (χ2n) is 21.9. The maximum Gasteiger partial charge on any atom is 1.00 e. The molecule has 0 aromatic rings. The first kappa shape index (κ1) is 58.4. The maximum atomic E-state index is 11.8. The van der Waals surface area contributed by atoms with Gasteiger partial charge in [-0.15, -0.1) is 0 Å². The summed E-state index contributed by atoms with van der Waals surface area (Å²) in [7, 11) is 0. The molecule has 9 aliphatic rings. The van der Waals surface area contributed by atoms with Crippen molar-refractivity contribution in [1.29, 1.82) is 0 Å². The van der Waals surface area contributed by atoms with Crippen LogP contribution < -0.4 is 94.0 Å². The van der Waals surface area contributed by atoms with E-state index in [9.17, 15) is 10.2 Å². The number of fused-ring (bicyclic) bond motifs is 4. The third-order valence-electron chi connectivity index (χ3n) is 18.3. The van der Waals surface area contributed by atoms with Crippen LogP contribution in [0, 0.1) is 59.7 Å². The van der Waals surface area contributed by atoms with Gasteiger partial charge in [-0.1, -0.05) is 55.5 Å². The third-order valence-corrected chi connectivity index (χ3v) is 18.4. The molecule has 20 heteroatoms. The fourth-order valence-corrected chi connectivity index (χ4v) is 15.3. The van der Waals surface area contributed by atoms with E-state index in [-0.39, 0.29) is 155 Å². The van der Waals surface area contributed by atoms with Gasteiger partial charge in [-0.25, -0.2) is 9.78 Å². The van der Waals surface area contributed by atoms with E-state index in [1.54, 1.807) is 0 Å². The van der Waals surface area contributed by atoms with Gasteiger partial charge in [-0.2, -0.15) is 43.5 Å². The minimum atomic E-state index is -0.656. The predicted molar refractivity (Wildman–Crippen MR) is 241 cm³/mol. The van der Waals surface area contributed by atoms with Crippen molar-refractivity contribution in [3.05, 3.63) is 6.42 Å². The Labute approximate surface area is 477 Å². The average Bonchev–Trinajstić information content (AvgIpc) is 3.31. The number of nitrogens with one attached hydrogen (secondary N) is 1. The van der Waals surface area contributed by atoms with Crippen LogP contribution in [0.5, 0.6) is 0 Å². The molecular weight excluding hydrogens is 924 g/mol. The normalized spacial score (nSPS) is 44.9. The number of hydrogen-bond acceptors (Lipinski definition) is 17. The summed E-state index contributed by atoms with van der Waals surface area (Å²) in [6, 6.07) is 1.71. The molecule has 0 bridgehead atoms. The van der Waals surface area contributed by atoms with Gasteiger partial charge >= 0.3 is 88.7 Å². The second kappa shape index (κ2) is 28.9. The van der Waals surface area contributed by atoms with Crippen LogP contribution >= 0.6 is 0 Å². The average molecular weight is 1000 g/mol. The quantitative estimate of drug-likeness (QED) is 0.0544. The molecule has 0 radical (unpaired) electrons. The van der Waals surface area contributed by atoms with Crippen molar-refractivity contribution < 1.29 is 127 Å². The zero-order valence-corrected chi connectivity index (χ0v) is 48.6. The summed E-state index contributed by atoms with van der Waals surface area (Å²) in [6.07, 6.45) is 26.2. The van der Waals surface area contributed by atoms with E-state index in [2.05, 4.69) is 58.2 Å². The summed E-state index contributed by atoms with van der Waals surface area (Å²) in [5.41, 5.74) is 0. The van der Waals surface area contributed by atoms with Gasteiger partial charge in [0.25, 0.3) is 0 Å². The van der Waals surface area contributed by atoms with Crippen LogP contribution in [0.1, 0.15) is 161 Å². The standard InChI is InChI=1S/C47H78N7O8S2.3Na/c1-27-21-28-22-31(48-30-9-3-2-4-10-30)15-16-34(28)47(56)46(27)54-52-42-20-19-40(37-13-7-8-14-38(37)42)50-49-39-17-18-41(36-12-6-5-11-35(36)39)51-53-43-25-32(57-59-61-63)23-29-24-33(58-60-62-64)26-44(55)45(29)43;;;/h8,27-48,55-56,63-64H,2-7,9-26H2,1H3;;;/q-1;3*+1/p-2. The second-order valence-corrected chi connectivity index (χ2v) is 22.2. The number of nitrogens with zero attached hydrogens (tertiary/aromatic N) is 6. The molecule has 9 aliphatic carbocycles. The largest absolute Gasteiger partial charge is 1.00 e. The van der Waals surface area contributed by atoms with Gasteiger partial charge in [0.1, 0.15) is 0 Å². The molecule has 0 spiro atoms.